The van der Waals surface area contributed by atoms with Crippen LogP contribution in [0.2, 0.25) is 0 Å². The summed E-state index contributed by atoms with van der Waals surface area (Å²) in [4.78, 5) is 0. The number of aliphatic hydroxyl groups excluding tert-OH is 2. The first kappa shape index (κ1) is 8.93. The van der Waals surface area contributed by atoms with E-state index in [4.69, 9.17) is 14.6 Å². The fourth-order valence-electron chi connectivity index (χ4n) is 1.26. The Bertz CT molecular complexity index is 128. The summed E-state index contributed by atoms with van der Waals surface area (Å²) in [7, 11) is 1.51. The lowest BCUT2D eigenvalue weighted by molar-refractivity contribution is -0.247. The molecule has 4 atom stereocenters. The summed E-state index contributed by atoms with van der Waals surface area (Å²) in [5.74, 6) is 0. The first-order chi connectivity index (χ1) is 5.15. The molecule has 11 heavy (non-hydrogen) atoms. The third-order valence-corrected chi connectivity index (χ3v) is 1.91. The van der Waals surface area contributed by atoms with Crippen molar-refractivity contribution in [1.29, 1.82) is 0 Å². The molecule has 0 unspecified atom stereocenters. The zero-order valence-electron chi connectivity index (χ0n) is 6.73. The molecule has 0 spiro atoms. The van der Waals surface area contributed by atoms with Crippen LogP contribution in [0.1, 0.15) is 13.3 Å². The molecule has 1 aliphatic heterocycles. The quantitative estimate of drug-likeness (QED) is 0.545. The molecule has 4 nitrogen and oxygen atoms in total. The number of methoxy groups -OCH3 is 1. The largest absolute Gasteiger partial charge is 0.385 e. The van der Waals surface area contributed by atoms with Crippen molar-refractivity contribution >= 4 is 0 Å². The standard InChI is InChI=1S/C7H14O4/c1-4-3-5(10-2)6(8)7(9)11-4/h4-9H,3H2,1-2H3/t4-,5+,6-,7-/m0/s1. The van der Waals surface area contributed by atoms with Gasteiger partial charge in [0.05, 0.1) is 12.2 Å². The predicted molar refractivity (Wildman–Crippen MR) is 38.0 cm³/mol. The van der Waals surface area contributed by atoms with Gasteiger partial charge in [0, 0.05) is 13.5 Å². The lowest BCUT2D eigenvalue weighted by atomic mass is 10.0. The van der Waals surface area contributed by atoms with Crippen molar-refractivity contribution in [3.05, 3.63) is 0 Å². The normalized spacial score (nSPS) is 45.8. The maximum atomic E-state index is 9.26. The van der Waals surface area contributed by atoms with Crippen molar-refractivity contribution in [2.75, 3.05) is 7.11 Å². The topological polar surface area (TPSA) is 58.9 Å². The Kier molecular flexibility index (Phi) is 2.84. The van der Waals surface area contributed by atoms with Gasteiger partial charge in [-0.15, -0.1) is 0 Å². The highest BCUT2D eigenvalue weighted by Crippen LogP contribution is 2.20. The second-order valence-electron chi connectivity index (χ2n) is 2.84. The third-order valence-electron chi connectivity index (χ3n) is 1.91. The monoisotopic (exact) mass is 162 g/mol. The van der Waals surface area contributed by atoms with Crippen LogP contribution in [0, 0.1) is 0 Å². The summed E-state index contributed by atoms with van der Waals surface area (Å²) in [5.41, 5.74) is 0. The van der Waals surface area contributed by atoms with E-state index in [1.54, 1.807) is 0 Å². The van der Waals surface area contributed by atoms with Crippen LogP contribution in [0.3, 0.4) is 0 Å². The molecule has 0 aromatic rings. The van der Waals surface area contributed by atoms with Crippen molar-refractivity contribution in [3.8, 4) is 0 Å². The molecule has 1 saturated heterocycles. The summed E-state index contributed by atoms with van der Waals surface area (Å²) >= 11 is 0. The van der Waals surface area contributed by atoms with Gasteiger partial charge in [0.2, 0.25) is 0 Å². The van der Waals surface area contributed by atoms with Crippen LogP contribution in [-0.4, -0.2) is 41.9 Å². The van der Waals surface area contributed by atoms with Crippen LogP contribution in [-0.2, 0) is 9.47 Å². The molecule has 1 fully saturated rings. The van der Waals surface area contributed by atoms with Gasteiger partial charge in [-0.05, 0) is 6.92 Å². The highest BCUT2D eigenvalue weighted by Gasteiger charge is 2.34. The molecule has 1 aliphatic rings. The Morgan fingerprint density at radius 2 is 2.09 bits per heavy atom. The minimum atomic E-state index is -1.11. The van der Waals surface area contributed by atoms with Gasteiger partial charge in [0.25, 0.3) is 0 Å². The van der Waals surface area contributed by atoms with Gasteiger partial charge in [-0.1, -0.05) is 0 Å². The molecule has 1 heterocycles. The van der Waals surface area contributed by atoms with Crippen LogP contribution < -0.4 is 0 Å². The Morgan fingerprint density at radius 1 is 1.45 bits per heavy atom. The lowest BCUT2D eigenvalue weighted by Crippen LogP contribution is -2.48. The molecule has 0 amide bonds. The lowest BCUT2D eigenvalue weighted by Gasteiger charge is -2.34. The fraction of sp³-hybridized carbons (Fsp3) is 1.00. The van der Waals surface area contributed by atoms with E-state index < -0.39 is 12.4 Å². The first-order valence-corrected chi connectivity index (χ1v) is 3.69. The fourth-order valence-corrected chi connectivity index (χ4v) is 1.26. The van der Waals surface area contributed by atoms with Gasteiger partial charge in [-0.25, -0.2) is 0 Å². The molecule has 0 bridgehead atoms. The van der Waals surface area contributed by atoms with Gasteiger partial charge < -0.3 is 19.7 Å². The highest BCUT2D eigenvalue weighted by atomic mass is 16.6. The summed E-state index contributed by atoms with van der Waals surface area (Å²) in [6.45, 7) is 1.83. The average Bonchev–Trinajstić information content (AvgIpc) is 1.96. The van der Waals surface area contributed by atoms with E-state index >= 15 is 0 Å². The van der Waals surface area contributed by atoms with E-state index in [0.29, 0.717) is 6.42 Å². The minimum Gasteiger partial charge on any atom is -0.385 e. The second-order valence-corrected chi connectivity index (χ2v) is 2.84. The molecule has 0 aliphatic carbocycles. The van der Waals surface area contributed by atoms with E-state index in [1.165, 1.54) is 7.11 Å². The van der Waals surface area contributed by atoms with Crippen LogP contribution in [0.25, 0.3) is 0 Å². The molecule has 1 rings (SSSR count). The van der Waals surface area contributed by atoms with E-state index in [1.807, 2.05) is 6.92 Å². The first-order valence-electron chi connectivity index (χ1n) is 3.69. The molecule has 4 heteroatoms. The number of hydrogen-bond acceptors (Lipinski definition) is 4. The van der Waals surface area contributed by atoms with Crippen LogP contribution in [0.5, 0.6) is 0 Å². The Morgan fingerprint density at radius 3 is 2.64 bits per heavy atom. The van der Waals surface area contributed by atoms with E-state index in [9.17, 15) is 5.11 Å². The van der Waals surface area contributed by atoms with Crippen molar-refractivity contribution in [1.82, 2.24) is 0 Å². The van der Waals surface area contributed by atoms with Crippen molar-refractivity contribution in [2.24, 2.45) is 0 Å². The summed E-state index contributed by atoms with van der Waals surface area (Å²) in [5, 5.41) is 18.4. The summed E-state index contributed by atoms with van der Waals surface area (Å²) < 4.78 is 9.91. The van der Waals surface area contributed by atoms with E-state index in [-0.39, 0.29) is 12.2 Å². The van der Waals surface area contributed by atoms with Gasteiger partial charge in [-0.2, -0.15) is 0 Å². The van der Waals surface area contributed by atoms with Crippen LogP contribution in [0.4, 0.5) is 0 Å². The summed E-state index contributed by atoms with van der Waals surface area (Å²) in [6, 6.07) is 0. The molecule has 0 saturated carbocycles. The SMILES string of the molecule is CO[C@@H]1C[C@H](C)O[C@H](O)[C@H]1O. The number of ether oxygens (including phenoxy) is 2. The Labute approximate surface area is 65.7 Å². The minimum absolute atomic E-state index is 0.0571. The second kappa shape index (κ2) is 3.49. The van der Waals surface area contributed by atoms with Gasteiger partial charge >= 0.3 is 0 Å². The molecule has 0 radical (unpaired) electrons. The predicted octanol–water partition coefficient (Wildman–Crippen LogP) is -0.510. The zero-order valence-corrected chi connectivity index (χ0v) is 6.73. The molecule has 0 aromatic heterocycles. The number of rotatable bonds is 1. The van der Waals surface area contributed by atoms with Crippen LogP contribution >= 0.6 is 0 Å². The zero-order chi connectivity index (χ0) is 8.43. The molecular formula is C7H14O4. The van der Waals surface area contributed by atoms with Gasteiger partial charge in [0.15, 0.2) is 6.29 Å². The molecule has 66 valence electrons. The van der Waals surface area contributed by atoms with Crippen molar-refractivity contribution < 1.29 is 19.7 Å². The van der Waals surface area contributed by atoms with Crippen molar-refractivity contribution in [2.45, 2.75) is 37.9 Å². The third kappa shape index (κ3) is 1.90. The highest BCUT2D eigenvalue weighted by molar-refractivity contribution is 4.79. The molecule has 2 N–H and O–H groups in total. The maximum Gasteiger partial charge on any atom is 0.183 e. The van der Waals surface area contributed by atoms with Crippen LogP contribution in [0.15, 0.2) is 0 Å². The average molecular weight is 162 g/mol. The van der Waals surface area contributed by atoms with Crippen molar-refractivity contribution in [3.63, 3.8) is 0 Å². The smallest absolute Gasteiger partial charge is 0.183 e. The van der Waals surface area contributed by atoms with Gasteiger partial charge in [0.1, 0.15) is 6.10 Å². The number of hydrogen-bond donors (Lipinski definition) is 2. The molecule has 0 aromatic carbocycles. The molecular weight excluding hydrogens is 148 g/mol. The Hall–Kier alpha value is -0.160. The van der Waals surface area contributed by atoms with Gasteiger partial charge in [-0.3, -0.25) is 0 Å². The van der Waals surface area contributed by atoms with E-state index in [2.05, 4.69) is 0 Å². The Balaban J connectivity index is 2.51. The van der Waals surface area contributed by atoms with E-state index in [0.717, 1.165) is 0 Å². The maximum absolute atomic E-state index is 9.26. The number of aliphatic hydroxyl groups is 2. The summed E-state index contributed by atoms with van der Waals surface area (Å²) in [6.07, 6.45) is -1.78.